The summed E-state index contributed by atoms with van der Waals surface area (Å²) in [5.41, 5.74) is 0.664. The molecule has 1 atom stereocenters. The summed E-state index contributed by atoms with van der Waals surface area (Å²) in [6.45, 7) is 0. The van der Waals surface area contributed by atoms with Crippen molar-refractivity contribution < 1.29 is 9.84 Å². The minimum Gasteiger partial charge on any atom is -0.495 e. The van der Waals surface area contributed by atoms with Gasteiger partial charge in [-0.25, -0.2) is 4.98 Å². The van der Waals surface area contributed by atoms with Gasteiger partial charge in [0.25, 0.3) is 0 Å². The first-order valence-corrected chi connectivity index (χ1v) is 6.32. The summed E-state index contributed by atoms with van der Waals surface area (Å²) in [5.74, 6) is 0.519. The molecule has 0 saturated carbocycles. The van der Waals surface area contributed by atoms with Gasteiger partial charge in [0, 0.05) is 0 Å². The Morgan fingerprint density at radius 1 is 1.41 bits per heavy atom. The lowest BCUT2D eigenvalue weighted by Gasteiger charge is -2.10. The Morgan fingerprint density at radius 2 is 2.18 bits per heavy atom. The van der Waals surface area contributed by atoms with E-state index in [1.807, 2.05) is 0 Å². The maximum Gasteiger partial charge on any atom is 0.137 e. The zero-order chi connectivity index (χ0) is 12.4. The molecule has 2 aromatic rings. The number of aliphatic hydroxyl groups is 1. The number of thiazole rings is 1. The van der Waals surface area contributed by atoms with E-state index < -0.39 is 6.10 Å². The van der Waals surface area contributed by atoms with Crippen LogP contribution in [-0.2, 0) is 0 Å². The normalized spacial score (nSPS) is 12.5. The Labute approximate surface area is 113 Å². The molecule has 0 aliphatic carbocycles. The van der Waals surface area contributed by atoms with E-state index in [9.17, 15) is 5.11 Å². The van der Waals surface area contributed by atoms with Crippen molar-refractivity contribution in [3.8, 4) is 5.75 Å². The number of nitrogens with zero attached hydrogens (tertiary/aromatic N) is 1. The summed E-state index contributed by atoms with van der Waals surface area (Å²) in [6.07, 6.45) is 0.691. The van der Waals surface area contributed by atoms with Crippen molar-refractivity contribution >= 4 is 34.5 Å². The van der Waals surface area contributed by atoms with Gasteiger partial charge in [0.1, 0.15) is 21.2 Å². The van der Waals surface area contributed by atoms with Crippen LogP contribution in [-0.4, -0.2) is 17.2 Å². The van der Waals surface area contributed by atoms with E-state index >= 15 is 0 Å². The Morgan fingerprint density at radius 3 is 2.76 bits per heavy atom. The highest BCUT2D eigenvalue weighted by Gasteiger charge is 2.16. The van der Waals surface area contributed by atoms with E-state index in [1.165, 1.54) is 24.6 Å². The molecule has 17 heavy (non-hydrogen) atoms. The van der Waals surface area contributed by atoms with E-state index in [-0.39, 0.29) is 0 Å². The number of aliphatic hydroxyl groups excluding tert-OH is 1. The Hall–Kier alpha value is -0.810. The predicted molar refractivity (Wildman–Crippen MR) is 69.2 cm³/mol. The first-order chi connectivity index (χ1) is 8.11. The molecule has 3 nitrogen and oxygen atoms in total. The number of benzene rings is 1. The van der Waals surface area contributed by atoms with Gasteiger partial charge < -0.3 is 9.84 Å². The van der Waals surface area contributed by atoms with Crippen molar-refractivity contribution in [2.75, 3.05) is 7.11 Å². The minimum atomic E-state index is -0.821. The van der Waals surface area contributed by atoms with Crippen LogP contribution in [0.15, 0.2) is 24.4 Å². The molecule has 1 aromatic carbocycles. The smallest absolute Gasteiger partial charge is 0.137 e. The Balaban J connectivity index is 2.34. The van der Waals surface area contributed by atoms with Crippen LogP contribution in [0.2, 0.25) is 9.36 Å². The molecule has 6 heteroatoms. The number of methoxy groups -OCH3 is 1. The van der Waals surface area contributed by atoms with Crippen molar-refractivity contribution in [1.82, 2.24) is 4.98 Å². The zero-order valence-electron chi connectivity index (χ0n) is 8.85. The van der Waals surface area contributed by atoms with Crippen molar-refractivity contribution in [1.29, 1.82) is 0 Å². The highest BCUT2D eigenvalue weighted by Crippen LogP contribution is 2.32. The molecule has 0 aliphatic heterocycles. The molecule has 0 radical (unpaired) electrons. The Kier molecular flexibility index (Phi) is 3.89. The quantitative estimate of drug-likeness (QED) is 0.940. The van der Waals surface area contributed by atoms with Gasteiger partial charge in [0.2, 0.25) is 0 Å². The van der Waals surface area contributed by atoms with E-state index in [0.29, 0.717) is 25.7 Å². The molecule has 1 unspecified atom stereocenters. The van der Waals surface area contributed by atoms with Crippen LogP contribution in [0.25, 0.3) is 0 Å². The van der Waals surface area contributed by atoms with Crippen LogP contribution in [0.4, 0.5) is 0 Å². The van der Waals surface area contributed by atoms with Gasteiger partial charge in [0.15, 0.2) is 0 Å². The van der Waals surface area contributed by atoms with E-state index in [4.69, 9.17) is 27.9 Å². The average molecular weight is 290 g/mol. The number of ether oxygens (including phenoxy) is 1. The van der Waals surface area contributed by atoms with Gasteiger partial charge in [-0.15, -0.1) is 11.3 Å². The fourth-order valence-electron chi connectivity index (χ4n) is 1.38. The second-order valence-electron chi connectivity index (χ2n) is 3.30. The number of hydrogen-bond donors (Lipinski definition) is 1. The highest BCUT2D eigenvalue weighted by molar-refractivity contribution is 7.15. The lowest BCUT2D eigenvalue weighted by molar-refractivity contribution is 0.219. The number of rotatable bonds is 3. The van der Waals surface area contributed by atoms with E-state index in [1.54, 1.807) is 18.2 Å². The molecule has 1 aromatic heterocycles. The lowest BCUT2D eigenvalue weighted by Crippen LogP contribution is -1.99. The molecule has 0 bridgehead atoms. The van der Waals surface area contributed by atoms with Crippen LogP contribution in [0, 0.1) is 0 Å². The average Bonchev–Trinajstić information content (AvgIpc) is 2.75. The largest absolute Gasteiger partial charge is 0.495 e. The SMILES string of the molecule is COc1cc(C(O)c2ncc(Cl)s2)ccc1Cl. The highest BCUT2D eigenvalue weighted by atomic mass is 35.5. The number of hydrogen-bond acceptors (Lipinski definition) is 4. The molecule has 2 rings (SSSR count). The first kappa shape index (κ1) is 12.6. The van der Waals surface area contributed by atoms with Crippen molar-refractivity contribution in [3.05, 3.63) is 44.3 Å². The summed E-state index contributed by atoms with van der Waals surface area (Å²) < 4.78 is 5.63. The van der Waals surface area contributed by atoms with Crippen LogP contribution >= 0.6 is 34.5 Å². The second-order valence-corrected chi connectivity index (χ2v) is 5.40. The second kappa shape index (κ2) is 5.23. The lowest BCUT2D eigenvalue weighted by atomic mass is 10.1. The standard InChI is InChI=1S/C11H9Cl2NO2S/c1-16-8-4-6(2-3-7(8)12)10(15)11-14-5-9(13)17-11/h2-5,10,15H,1H3. The van der Waals surface area contributed by atoms with Crippen LogP contribution < -0.4 is 4.74 Å². The topological polar surface area (TPSA) is 42.4 Å². The van der Waals surface area contributed by atoms with E-state index in [0.717, 1.165) is 0 Å². The van der Waals surface area contributed by atoms with Crippen molar-refractivity contribution in [2.45, 2.75) is 6.10 Å². The Bertz CT molecular complexity index is 530. The summed E-state index contributed by atoms with van der Waals surface area (Å²) in [7, 11) is 1.53. The third-order valence-electron chi connectivity index (χ3n) is 2.22. The van der Waals surface area contributed by atoms with Gasteiger partial charge in [-0.3, -0.25) is 0 Å². The molecule has 0 fully saturated rings. The van der Waals surface area contributed by atoms with Crippen LogP contribution in [0.5, 0.6) is 5.75 Å². The van der Waals surface area contributed by atoms with Gasteiger partial charge in [-0.1, -0.05) is 29.3 Å². The van der Waals surface area contributed by atoms with Crippen molar-refractivity contribution in [2.24, 2.45) is 0 Å². The number of aromatic nitrogens is 1. The van der Waals surface area contributed by atoms with Crippen LogP contribution in [0.3, 0.4) is 0 Å². The molecule has 1 N–H and O–H groups in total. The monoisotopic (exact) mass is 289 g/mol. The van der Waals surface area contributed by atoms with E-state index in [2.05, 4.69) is 4.98 Å². The maximum absolute atomic E-state index is 10.1. The summed E-state index contributed by atoms with van der Waals surface area (Å²) in [5, 5.41) is 11.1. The molecule has 0 saturated heterocycles. The molecule has 0 amide bonds. The zero-order valence-corrected chi connectivity index (χ0v) is 11.2. The maximum atomic E-state index is 10.1. The molecule has 0 aliphatic rings. The summed E-state index contributed by atoms with van der Waals surface area (Å²) in [4.78, 5) is 4.03. The molecule has 0 spiro atoms. The summed E-state index contributed by atoms with van der Waals surface area (Å²) in [6, 6.07) is 5.08. The van der Waals surface area contributed by atoms with Crippen LogP contribution in [0.1, 0.15) is 16.7 Å². The summed E-state index contributed by atoms with van der Waals surface area (Å²) >= 11 is 12.9. The van der Waals surface area contributed by atoms with Gasteiger partial charge in [-0.05, 0) is 17.7 Å². The first-order valence-electron chi connectivity index (χ1n) is 4.74. The van der Waals surface area contributed by atoms with Gasteiger partial charge in [0.05, 0.1) is 18.3 Å². The third kappa shape index (κ3) is 2.72. The number of halogens is 2. The third-order valence-corrected chi connectivity index (χ3v) is 3.70. The van der Waals surface area contributed by atoms with Gasteiger partial charge >= 0.3 is 0 Å². The fourth-order valence-corrected chi connectivity index (χ4v) is 2.52. The molecular weight excluding hydrogens is 281 g/mol. The molecule has 1 heterocycles. The molecule has 90 valence electrons. The van der Waals surface area contributed by atoms with Crippen molar-refractivity contribution in [3.63, 3.8) is 0 Å². The minimum absolute atomic E-state index is 0.501. The predicted octanol–water partition coefficient (Wildman–Crippen LogP) is 3.54. The molecular formula is C11H9Cl2NO2S. The van der Waals surface area contributed by atoms with Gasteiger partial charge in [-0.2, -0.15) is 0 Å². The fraction of sp³-hybridized carbons (Fsp3) is 0.182.